The lowest BCUT2D eigenvalue weighted by molar-refractivity contribution is 0.299. The third kappa shape index (κ3) is 4.81. The maximum absolute atomic E-state index is 14.0. The first-order chi connectivity index (χ1) is 19.5. The number of hydrogen-bond donors (Lipinski definition) is 0. The van der Waals surface area contributed by atoms with E-state index in [1.165, 1.54) is 16.9 Å². The van der Waals surface area contributed by atoms with Crippen molar-refractivity contribution >= 4 is 50.6 Å². The highest BCUT2D eigenvalue weighted by Gasteiger charge is 2.32. The lowest BCUT2D eigenvalue weighted by atomic mass is 9.83. The zero-order chi connectivity index (χ0) is 27.8. The molecule has 40 heavy (non-hydrogen) atoms. The monoisotopic (exact) mass is 630 g/mol. The van der Waals surface area contributed by atoms with Crippen LogP contribution in [-0.4, -0.2) is 17.8 Å². The Morgan fingerprint density at radius 1 is 1.18 bits per heavy atom. The summed E-state index contributed by atoms with van der Waals surface area (Å²) in [6, 6.07) is 19.9. The number of benzene rings is 3. The van der Waals surface area contributed by atoms with Crippen LogP contribution in [0.5, 0.6) is 11.5 Å². The maximum atomic E-state index is 14.0. The quantitative estimate of drug-likeness (QED) is 0.240. The summed E-state index contributed by atoms with van der Waals surface area (Å²) in [5.41, 5.74) is 6.23. The minimum Gasteiger partial charge on any atom is -0.490 e. The van der Waals surface area contributed by atoms with Gasteiger partial charge in [-0.15, -0.1) is 6.42 Å². The average Bonchev–Trinajstić information content (AvgIpc) is 3.26. The second kappa shape index (κ2) is 11.1. The van der Waals surface area contributed by atoms with E-state index in [9.17, 15) is 4.79 Å². The molecule has 8 heteroatoms. The van der Waals surface area contributed by atoms with E-state index in [0.29, 0.717) is 32.5 Å². The van der Waals surface area contributed by atoms with Gasteiger partial charge in [0.2, 0.25) is 0 Å². The average molecular weight is 632 g/mol. The summed E-state index contributed by atoms with van der Waals surface area (Å²) in [4.78, 5) is 19.8. The van der Waals surface area contributed by atoms with Crippen LogP contribution in [0.15, 0.2) is 80.5 Å². The van der Waals surface area contributed by atoms with E-state index in [1.807, 2.05) is 41.8 Å². The Kier molecular flexibility index (Phi) is 7.41. The smallest absolute Gasteiger partial charge is 0.271 e. The predicted molar refractivity (Wildman–Crippen MR) is 164 cm³/mol. The molecule has 0 amide bonds. The molecule has 1 atom stereocenters. The van der Waals surface area contributed by atoms with E-state index in [0.717, 1.165) is 45.3 Å². The molecule has 0 saturated heterocycles. The number of hydrogen-bond acceptors (Lipinski definition) is 5. The summed E-state index contributed by atoms with van der Waals surface area (Å²) in [5.74, 6) is 3.31. The van der Waals surface area contributed by atoms with Crippen LogP contribution in [-0.2, 0) is 6.42 Å². The summed E-state index contributed by atoms with van der Waals surface area (Å²) in [7, 11) is 0. The van der Waals surface area contributed by atoms with E-state index >= 15 is 0 Å². The number of thiazole rings is 1. The van der Waals surface area contributed by atoms with Crippen LogP contribution in [0.25, 0.3) is 11.8 Å². The fourth-order valence-electron chi connectivity index (χ4n) is 5.31. The molecule has 0 N–H and O–H groups in total. The molecule has 1 aromatic heterocycles. The standard InChI is InChI=1S/C32H24BrClN2O3S/c1-3-15-39-30-25(34)16-19(17-26(30)38-4-2)18-27-31(37)36-29(21-9-12-22(33)13-10-21)24-14-11-20-7-5-6-8-23(20)28(24)35-32(36)40-27/h1,5-10,12-13,16-18,29H,4,11,14-15H2,2H3/b27-18-/t29-/m1/s1. The van der Waals surface area contributed by atoms with E-state index < -0.39 is 0 Å². The Hall–Kier alpha value is -3.57. The Balaban J connectivity index is 1.54. The fourth-order valence-corrected chi connectivity index (χ4v) is 6.85. The van der Waals surface area contributed by atoms with Crippen molar-refractivity contribution in [2.24, 2.45) is 4.99 Å². The molecule has 4 aromatic rings. The molecular formula is C32H24BrClN2O3S. The Labute approximate surface area is 249 Å². The van der Waals surface area contributed by atoms with Crippen molar-refractivity contribution in [3.63, 3.8) is 0 Å². The summed E-state index contributed by atoms with van der Waals surface area (Å²) in [6.07, 6.45) is 8.95. The normalized spacial score (nSPS) is 15.9. The molecule has 1 aliphatic heterocycles. The van der Waals surface area contributed by atoms with E-state index in [1.54, 1.807) is 6.07 Å². The van der Waals surface area contributed by atoms with Gasteiger partial charge >= 0.3 is 0 Å². The van der Waals surface area contributed by atoms with Gasteiger partial charge in [-0.2, -0.15) is 0 Å². The molecule has 200 valence electrons. The molecule has 6 rings (SSSR count). The minimum absolute atomic E-state index is 0.0710. The highest BCUT2D eigenvalue weighted by Crippen LogP contribution is 2.41. The predicted octanol–water partition coefficient (Wildman–Crippen LogP) is 6.15. The molecule has 0 spiro atoms. The van der Waals surface area contributed by atoms with Crippen molar-refractivity contribution < 1.29 is 9.47 Å². The van der Waals surface area contributed by atoms with Crippen molar-refractivity contribution in [2.45, 2.75) is 25.8 Å². The van der Waals surface area contributed by atoms with Crippen molar-refractivity contribution in [3.05, 3.63) is 118 Å². The molecule has 0 saturated carbocycles. The first kappa shape index (κ1) is 26.6. The number of halogens is 2. The van der Waals surface area contributed by atoms with Gasteiger partial charge in [-0.3, -0.25) is 9.36 Å². The second-order valence-electron chi connectivity index (χ2n) is 9.42. The number of aryl methyl sites for hydroxylation is 1. The molecule has 0 bridgehead atoms. The SMILES string of the molecule is C#CCOc1c(Cl)cc(/C=c2\sc3n(c2=O)[C@H](c2ccc(Br)cc2)C2=C(N=3)c3ccccc3CC2)cc1OCC. The van der Waals surface area contributed by atoms with Gasteiger partial charge in [0.1, 0.15) is 6.61 Å². The van der Waals surface area contributed by atoms with Gasteiger partial charge in [-0.1, -0.05) is 81.2 Å². The van der Waals surface area contributed by atoms with E-state index in [-0.39, 0.29) is 18.2 Å². The number of terminal acetylenes is 1. The third-order valence-corrected chi connectivity index (χ3v) is 8.78. The molecule has 5 nitrogen and oxygen atoms in total. The second-order valence-corrected chi connectivity index (χ2v) is 11.8. The van der Waals surface area contributed by atoms with Crippen LogP contribution in [0.4, 0.5) is 0 Å². The fraction of sp³-hybridized carbons (Fsp3) is 0.188. The van der Waals surface area contributed by atoms with Crippen LogP contribution in [0, 0.1) is 12.3 Å². The van der Waals surface area contributed by atoms with E-state index in [2.05, 4.69) is 52.2 Å². The number of fused-ring (bicyclic) bond motifs is 3. The number of ether oxygens (including phenoxy) is 2. The van der Waals surface area contributed by atoms with Crippen LogP contribution < -0.4 is 24.4 Å². The summed E-state index contributed by atoms with van der Waals surface area (Å²) in [6.45, 7) is 2.38. The molecule has 1 aliphatic carbocycles. The van der Waals surface area contributed by atoms with Crippen LogP contribution in [0.3, 0.4) is 0 Å². The largest absolute Gasteiger partial charge is 0.490 e. The molecule has 3 aromatic carbocycles. The number of allylic oxidation sites excluding steroid dienone is 1. The van der Waals surface area contributed by atoms with Crippen LogP contribution in [0.2, 0.25) is 5.02 Å². The van der Waals surface area contributed by atoms with Gasteiger partial charge in [0.25, 0.3) is 5.56 Å². The number of aromatic nitrogens is 1. The first-order valence-electron chi connectivity index (χ1n) is 12.9. The van der Waals surface area contributed by atoms with Gasteiger partial charge < -0.3 is 9.47 Å². The highest BCUT2D eigenvalue weighted by molar-refractivity contribution is 9.10. The molecular weight excluding hydrogens is 608 g/mol. The van der Waals surface area contributed by atoms with Gasteiger partial charge in [-0.25, -0.2) is 4.99 Å². The molecule has 0 fully saturated rings. The van der Waals surface area contributed by atoms with Gasteiger partial charge in [0, 0.05) is 10.0 Å². The summed E-state index contributed by atoms with van der Waals surface area (Å²) >= 11 is 11.5. The van der Waals surface area contributed by atoms with Crippen molar-refractivity contribution in [1.82, 2.24) is 4.57 Å². The lowest BCUT2D eigenvalue weighted by Crippen LogP contribution is -2.38. The summed E-state index contributed by atoms with van der Waals surface area (Å²) in [5, 5.41) is 0.361. The number of rotatable bonds is 6. The molecule has 2 aliphatic rings. The molecule has 0 radical (unpaired) electrons. The molecule has 2 heterocycles. The Morgan fingerprint density at radius 2 is 1.98 bits per heavy atom. The maximum Gasteiger partial charge on any atom is 0.271 e. The topological polar surface area (TPSA) is 52.8 Å². The Bertz CT molecular complexity index is 1880. The minimum atomic E-state index is -0.239. The van der Waals surface area contributed by atoms with Crippen LogP contribution >= 0.6 is 38.9 Å². The van der Waals surface area contributed by atoms with Gasteiger partial charge in [-0.05, 0) is 72.4 Å². The summed E-state index contributed by atoms with van der Waals surface area (Å²) < 4.78 is 14.8. The van der Waals surface area contributed by atoms with Gasteiger partial charge in [0.05, 0.1) is 27.9 Å². The van der Waals surface area contributed by atoms with E-state index in [4.69, 9.17) is 32.5 Å². The van der Waals surface area contributed by atoms with Crippen molar-refractivity contribution in [2.75, 3.05) is 13.2 Å². The number of nitrogens with zero attached hydrogens (tertiary/aromatic N) is 2. The molecule has 0 unspecified atom stereocenters. The zero-order valence-corrected chi connectivity index (χ0v) is 24.8. The van der Waals surface area contributed by atoms with Crippen LogP contribution in [0.1, 0.15) is 41.6 Å². The zero-order valence-electron chi connectivity index (χ0n) is 21.6. The third-order valence-electron chi connectivity index (χ3n) is 6.99. The van der Waals surface area contributed by atoms with Crippen molar-refractivity contribution in [3.8, 4) is 23.8 Å². The Morgan fingerprint density at radius 3 is 2.75 bits per heavy atom. The first-order valence-corrected chi connectivity index (χ1v) is 14.9. The van der Waals surface area contributed by atoms with Gasteiger partial charge in [0.15, 0.2) is 16.3 Å². The highest BCUT2D eigenvalue weighted by atomic mass is 79.9. The lowest BCUT2D eigenvalue weighted by Gasteiger charge is -2.30. The van der Waals surface area contributed by atoms with Crippen molar-refractivity contribution in [1.29, 1.82) is 0 Å².